The first-order chi connectivity index (χ1) is 9.07. The average Bonchev–Trinajstić information content (AvgIpc) is 2.51. The third kappa shape index (κ3) is 4.63. The van der Waals surface area contributed by atoms with Crippen LogP contribution in [0.15, 0.2) is 0 Å². The SMILES string of the molecule is CCCN(C)C[C@H]1COC(C)(C)N1C(=O)OC(C)(C)C. The molecule has 1 rings (SSSR count). The Bertz CT molecular complexity index is 337. The molecule has 0 aromatic carbocycles. The van der Waals surface area contributed by atoms with Gasteiger partial charge in [-0.15, -0.1) is 0 Å². The van der Waals surface area contributed by atoms with E-state index in [1.165, 1.54) is 0 Å². The van der Waals surface area contributed by atoms with E-state index < -0.39 is 11.3 Å². The maximum atomic E-state index is 12.4. The van der Waals surface area contributed by atoms with Gasteiger partial charge in [0.05, 0.1) is 12.6 Å². The van der Waals surface area contributed by atoms with Gasteiger partial charge in [0.25, 0.3) is 0 Å². The first kappa shape index (κ1) is 17.2. The van der Waals surface area contributed by atoms with Crippen LogP contribution in [0.2, 0.25) is 0 Å². The summed E-state index contributed by atoms with van der Waals surface area (Å²) in [6.45, 7) is 14.0. The second-order valence-electron chi connectivity index (χ2n) is 7.02. The monoisotopic (exact) mass is 286 g/mol. The molecule has 0 unspecified atom stereocenters. The van der Waals surface area contributed by atoms with Crippen molar-refractivity contribution in [2.24, 2.45) is 0 Å². The fraction of sp³-hybridized carbons (Fsp3) is 0.933. The number of likely N-dealkylation sites (N-methyl/N-ethyl adjacent to an activating group) is 1. The third-order valence-electron chi connectivity index (χ3n) is 3.29. The lowest BCUT2D eigenvalue weighted by atomic mass is 10.2. The van der Waals surface area contributed by atoms with Crippen LogP contribution < -0.4 is 0 Å². The van der Waals surface area contributed by atoms with Crippen LogP contribution in [-0.2, 0) is 9.47 Å². The molecule has 0 aromatic rings. The van der Waals surface area contributed by atoms with Gasteiger partial charge in [0.1, 0.15) is 11.3 Å². The second-order valence-corrected chi connectivity index (χ2v) is 7.02. The van der Waals surface area contributed by atoms with E-state index >= 15 is 0 Å². The van der Waals surface area contributed by atoms with E-state index in [1.807, 2.05) is 34.6 Å². The molecule has 5 heteroatoms. The maximum absolute atomic E-state index is 12.4. The number of ether oxygens (including phenoxy) is 2. The summed E-state index contributed by atoms with van der Waals surface area (Å²) < 4.78 is 11.3. The number of carbonyl (C=O) groups is 1. The van der Waals surface area contributed by atoms with Crippen LogP contribution in [0.5, 0.6) is 0 Å². The molecular formula is C15H30N2O3. The molecule has 0 spiro atoms. The smallest absolute Gasteiger partial charge is 0.412 e. The molecule has 1 aliphatic rings. The molecule has 0 aliphatic carbocycles. The highest BCUT2D eigenvalue weighted by Gasteiger charge is 2.45. The highest BCUT2D eigenvalue weighted by molar-refractivity contribution is 5.69. The second kappa shape index (κ2) is 6.31. The average molecular weight is 286 g/mol. The minimum absolute atomic E-state index is 0.0383. The molecule has 0 saturated carbocycles. The van der Waals surface area contributed by atoms with Gasteiger partial charge in [-0.05, 0) is 54.6 Å². The molecule has 118 valence electrons. The fourth-order valence-corrected chi connectivity index (χ4v) is 2.53. The van der Waals surface area contributed by atoms with Crippen molar-refractivity contribution in [3.05, 3.63) is 0 Å². The summed E-state index contributed by atoms with van der Waals surface area (Å²) in [4.78, 5) is 16.4. The van der Waals surface area contributed by atoms with Crippen LogP contribution >= 0.6 is 0 Å². The van der Waals surface area contributed by atoms with Crippen molar-refractivity contribution in [1.82, 2.24) is 9.80 Å². The third-order valence-corrected chi connectivity index (χ3v) is 3.29. The molecule has 1 fully saturated rings. The van der Waals surface area contributed by atoms with Crippen molar-refractivity contribution < 1.29 is 14.3 Å². The van der Waals surface area contributed by atoms with Crippen molar-refractivity contribution in [1.29, 1.82) is 0 Å². The predicted molar refractivity (Wildman–Crippen MR) is 79.7 cm³/mol. The molecule has 1 heterocycles. The zero-order chi connectivity index (χ0) is 15.6. The van der Waals surface area contributed by atoms with E-state index in [0.717, 1.165) is 19.5 Å². The van der Waals surface area contributed by atoms with E-state index in [0.29, 0.717) is 6.61 Å². The van der Waals surface area contributed by atoms with Gasteiger partial charge in [-0.2, -0.15) is 0 Å². The summed E-state index contributed by atoms with van der Waals surface area (Å²) >= 11 is 0. The lowest BCUT2D eigenvalue weighted by molar-refractivity contribution is -0.0631. The lowest BCUT2D eigenvalue weighted by Crippen LogP contribution is -2.52. The Labute approximate surface area is 123 Å². The molecule has 20 heavy (non-hydrogen) atoms. The summed E-state index contributed by atoms with van der Waals surface area (Å²) in [5.41, 5.74) is -1.10. The Kier molecular flexibility index (Phi) is 5.44. The number of carbonyl (C=O) groups excluding carboxylic acids is 1. The van der Waals surface area contributed by atoms with Gasteiger partial charge in [0.2, 0.25) is 0 Å². The molecule has 5 nitrogen and oxygen atoms in total. The summed E-state index contributed by atoms with van der Waals surface area (Å²) in [7, 11) is 2.07. The van der Waals surface area contributed by atoms with E-state index in [9.17, 15) is 4.79 Å². The topological polar surface area (TPSA) is 42.0 Å². The summed E-state index contributed by atoms with van der Waals surface area (Å²) in [5.74, 6) is 0. The van der Waals surface area contributed by atoms with Crippen LogP contribution in [0, 0.1) is 0 Å². The van der Waals surface area contributed by atoms with Gasteiger partial charge in [-0.1, -0.05) is 6.92 Å². The number of hydrogen-bond donors (Lipinski definition) is 0. The molecule has 1 saturated heterocycles. The van der Waals surface area contributed by atoms with Crippen molar-refractivity contribution in [3.63, 3.8) is 0 Å². The number of nitrogens with zero attached hydrogens (tertiary/aromatic N) is 2. The maximum Gasteiger partial charge on any atom is 0.412 e. The molecule has 1 aliphatic heterocycles. The van der Waals surface area contributed by atoms with Crippen LogP contribution in [0.3, 0.4) is 0 Å². The molecule has 0 radical (unpaired) electrons. The van der Waals surface area contributed by atoms with Gasteiger partial charge in [-0.3, -0.25) is 4.90 Å². The number of hydrogen-bond acceptors (Lipinski definition) is 4. The minimum Gasteiger partial charge on any atom is -0.444 e. The molecule has 1 amide bonds. The van der Waals surface area contributed by atoms with Gasteiger partial charge < -0.3 is 14.4 Å². The normalized spacial score (nSPS) is 22.4. The largest absolute Gasteiger partial charge is 0.444 e. The summed E-state index contributed by atoms with van der Waals surface area (Å²) in [5, 5.41) is 0. The Morgan fingerprint density at radius 3 is 2.55 bits per heavy atom. The fourth-order valence-electron chi connectivity index (χ4n) is 2.53. The molecule has 1 atom stereocenters. The molecule has 0 N–H and O–H groups in total. The van der Waals surface area contributed by atoms with Crippen molar-refractivity contribution in [3.8, 4) is 0 Å². The van der Waals surface area contributed by atoms with Crippen molar-refractivity contribution in [2.75, 3.05) is 26.7 Å². The minimum atomic E-state index is -0.611. The first-order valence-electron chi connectivity index (χ1n) is 7.41. The standard InChI is InChI=1S/C15H30N2O3/c1-8-9-16(7)10-12-11-19-15(5,6)17(12)13(18)20-14(2,3)4/h12H,8-11H2,1-7H3/t12-/m0/s1. The first-order valence-corrected chi connectivity index (χ1v) is 7.41. The Morgan fingerprint density at radius 1 is 1.45 bits per heavy atom. The van der Waals surface area contributed by atoms with Crippen LogP contribution in [-0.4, -0.2) is 60.0 Å². The van der Waals surface area contributed by atoms with Crippen LogP contribution in [0.4, 0.5) is 4.79 Å². The lowest BCUT2D eigenvalue weighted by Gasteiger charge is -2.36. The van der Waals surface area contributed by atoms with Crippen LogP contribution in [0.25, 0.3) is 0 Å². The van der Waals surface area contributed by atoms with Crippen molar-refractivity contribution in [2.45, 2.75) is 65.3 Å². The zero-order valence-electron chi connectivity index (χ0n) is 14.0. The Hall–Kier alpha value is -0.810. The van der Waals surface area contributed by atoms with Crippen LogP contribution in [0.1, 0.15) is 48.0 Å². The quantitative estimate of drug-likeness (QED) is 0.797. The zero-order valence-corrected chi connectivity index (χ0v) is 14.0. The van der Waals surface area contributed by atoms with Crippen molar-refractivity contribution >= 4 is 6.09 Å². The Balaban J connectivity index is 2.77. The molecule has 0 bridgehead atoms. The summed E-state index contributed by atoms with van der Waals surface area (Å²) in [6.07, 6.45) is 0.801. The van der Waals surface area contributed by atoms with Gasteiger partial charge in [-0.25, -0.2) is 4.79 Å². The van der Waals surface area contributed by atoms with Gasteiger partial charge in [0, 0.05) is 6.54 Å². The van der Waals surface area contributed by atoms with E-state index in [2.05, 4.69) is 18.9 Å². The summed E-state index contributed by atoms with van der Waals surface area (Å²) in [6, 6.07) is 0.0383. The number of amides is 1. The van der Waals surface area contributed by atoms with Gasteiger partial charge in [0.15, 0.2) is 0 Å². The van der Waals surface area contributed by atoms with E-state index in [4.69, 9.17) is 9.47 Å². The Morgan fingerprint density at radius 2 is 2.05 bits per heavy atom. The van der Waals surface area contributed by atoms with Gasteiger partial charge >= 0.3 is 6.09 Å². The highest BCUT2D eigenvalue weighted by Crippen LogP contribution is 2.29. The number of rotatable bonds is 4. The van der Waals surface area contributed by atoms with E-state index in [-0.39, 0.29) is 12.1 Å². The predicted octanol–water partition coefficient (Wildman–Crippen LogP) is 2.70. The molecule has 0 aromatic heterocycles. The molecular weight excluding hydrogens is 256 g/mol. The highest BCUT2D eigenvalue weighted by atomic mass is 16.6. The van der Waals surface area contributed by atoms with E-state index in [1.54, 1.807) is 4.90 Å².